The number of nitrogens with zero attached hydrogens (tertiary/aromatic N) is 4. The number of fused-ring (bicyclic) bond motifs is 1. The Morgan fingerprint density at radius 1 is 0.944 bits per heavy atom. The molecule has 8 heteroatoms. The highest BCUT2D eigenvalue weighted by Crippen LogP contribution is 2.30. The Labute approximate surface area is 215 Å². The molecule has 0 bridgehead atoms. The van der Waals surface area contributed by atoms with Crippen LogP contribution in [0.4, 0.5) is 5.82 Å². The van der Waals surface area contributed by atoms with Crippen molar-refractivity contribution in [2.24, 2.45) is 5.92 Å². The fourth-order valence-corrected chi connectivity index (χ4v) is 5.35. The normalized spacial score (nSPS) is 15.9. The van der Waals surface area contributed by atoms with Crippen LogP contribution in [0.5, 0.6) is 0 Å². The Balaban J connectivity index is 1.38. The van der Waals surface area contributed by atoms with Gasteiger partial charge in [-0.1, -0.05) is 48.0 Å². The zero-order valence-electron chi connectivity index (χ0n) is 20.3. The van der Waals surface area contributed by atoms with E-state index in [0.717, 1.165) is 30.7 Å². The molecular formula is C28H29ClN4O3. The van der Waals surface area contributed by atoms with Gasteiger partial charge in [0.15, 0.2) is 17.3 Å². The van der Waals surface area contributed by atoms with Gasteiger partial charge in [0, 0.05) is 55.2 Å². The fourth-order valence-electron chi connectivity index (χ4n) is 5.16. The maximum atomic E-state index is 13.8. The smallest absolute Gasteiger partial charge is 0.274 e. The van der Waals surface area contributed by atoms with Crippen molar-refractivity contribution in [2.45, 2.75) is 38.6 Å². The number of ketones is 1. The highest BCUT2D eigenvalue weighted by atomic mass is 35.5. The molecule has 186 valence electrons. The lowest BCUT2D eigenvalue weighted by Gasteiger charge is -2.32. The highest BCUT2D eigenvalue weighted by molar-refractivity contribution is 6.31. The summed E-state index contributed by atoms with van der Waals surface area (Å²) in [5, 5.41) is 0.475. The zero-order chi connectivity index (χ0) is 25.2. The van der Waals surface area contributed by atoms with E-state index >= 15 is 0 Å². The van der Waals surface area contributed by atoms with Gasteiger partial charge in [0.25, 0.3) is 11.8 Å². The highest BCUT2D eigenvalue weighted by Gasteiger charge is 2.34. The molecule has 0 aliphatic carbocycles. The second-order valence-electron chi connectivity index (χ2n) is 9.48. The van der Waals surface area contributed by atoms with Crippen LogP contribution in [0.1, 0.15) is 62.7 Å². The Hall–Kier alpha value is -3.45. The van der Waals surface area contributed by atoms with Crippen LogP contribution >= 0.6 is 11.6 Å². The molecule has 7 nitrogen and oxygen atoms in total. The van der Waals surface area contributed by atoms with E-state index in [1.807, 2.05) is 34.9 Å². The van der Waals surface area contributed by atoms with E-state index in [1.165, 1.54) is 4.90 Å². The summed E-state index contributed by atoms with van der Waals surface area (Å²) in [6.45, 7) is 1.69. The number of rotatable bonds is 5. The number of hydrogen-bond acceptors (Lipinski definition) is 4. The molecule has 36 heavy (non-hydrogen) atoms. The van der Waals surface area contributed by atoms with Gasteiger partial charge < -0.3 is 9.47 Å². The lowest BCUT2D eigenvalue weighted by Crippen LogP contribution is -2.42. The van der Waals surface area contributed by atoms with Crippen LogP contribution < -0.4 is 4.90 Å². The van der Waals surface area contributed by atoms with E-state index in [9.17, 15) is 14.4 Å². The van der Waals surface area contributed by atoms with E-state index in [2.05, 4.69) is 0 Å². The maximum Gasteiger partial charge on any atom is 0.274 e. The monoisotopic (exact) mass is 504 g/mol. The molecule has 3 heterocycles. The number of hydrogen-bond donors (Lipinski definition) is 0. The SMILES string of the molecule is CN(C(=O)c1cccc(Cl)c1)c1nc2n(c1C(=O)N1CCC(C(=O)c3ccccc3)CC1)CCCC2. The summed E-state index contributed by atoms with van der Waals surface area (Å²) in [4.78, 5) is 48.0. The molecule has 0 N–H and O–H groups in total. The summed E-state index contributed by atoms with van der Waals surface area (Å²) in [6, 6.07) is 16.1. The van der Waals surface area contributed by atoms with Crippen LogP contribution in [-0.4, -0.2) is 52.2 Å². The van der Waals surface area contributed by atoms with Gasteiger partial charge in [-0.25, -0.2) is 4.98 Å². The van der Waals surface area contributed by atoms with Gasteiger partial charge in [0.2, 0.25) is 0 Å². The summed E-state index contributed by atoms with van der Waals surface area (Å²) >= 11 is 6.10. The second kappa shape index (κ2) is 10.3. The van der Waals surface area contributed by atoms with Crippen molar-refractivity contribution in [2.75, 3.05) is 25.0 Å². The number of Topliss-reactive ketones (excluding diaryl/α,β-unsaturated/α-hetero) is 1. The number of halogens is 1. The average Bonchev–Trinajstić information content (AvgIpc) is 3.31. The fraction of sp³-hybridized carbons (Fsp3) is 0.357. The van der Waals surface area contributed by atoms with Gasteiger partial charge in [-0.05, 0) is 43.9 Å². The Bertz CT molecular complexity index is 1300. The predicted octanol–water partition coefficient (Wildman–Crippen LogP) is 4.88. The summed E-state index contributed by atoms with van der Waals surface area (Å²) < 4.78 is 1.98. The molecule has 1 saturated heterocycles. The minimum Gasteiger partial charge on any atom is -0.337 e. The van der Waals surface area contributed by atoms with Gasteiger partial charge in [-0.15, -0.1) is 0 Å². The summed E-state index contributed by atoms with van der Waals surface area (Å²) in [6.07, 6.45) is 3.97. The predicted molar refractivity (Wildman–Crippen MR) is 139 cm³/mol. The van der Waals surface area contributed by atoms with Crippen LogP contribution in [0.15, 0.2) is 54.6 Å². The number of imidazole rings is 1. The third-order valence-corrected chi connectivity index (χ3v) is 7.40. The maximum absolute atomic E-state index is 13.8. The number of anilines is 1. The number of carbonyl (C=O) groups is 3. The first-order valence-corrected chi connectivity index (χ1v) is 12.8. The van der Waals surface area contributed by atoms with Crippen LogP contribution in [0.25, 0.3) is 0 Å². The molecule has 0 atom stereocenters. The zero-order valence-corrected chi connectivity index (χ0v) is 21.1. The number of carbonyl (C=O) groups excluding carboxylic acids is 3. The lowest BCUT2D eigenvalue weighted by molar-refractivity contribution is 0.0641. The Morgan fingerprint density at radius 3 is 2.39 bits per heavy atom. The Kier molecular flexibility index (Phi) is 6.92. The molecule has 0 radical (unpaired) electrons. The van der Waals surface area contributed by atoms with Gasteiger partial charge in [0.1, 0.15) is 5.82 Å². The van der Waals surface area contributed by atoms with Crippen LogP contribution in [-0.2, 0) is 13.0 Å². The Morgan fingerprint density at radius 2 is 1.67 bits per heavy atom. The van der Waals surface area contributed by atoms with Crippen molar-refractivity contribution >= 4 is 35.0 Å². The van der Waals surface area contributed by atoms with E-state index in [4.69, 9.17) is 16.6 Å². The largest absolute Gasteiger partial charge is 0.337 e. The minimum absolute atomic E-state index is 0.0950. The quantitative estimate of drug-likeness (QED) is 0.464. The van der Waals surface area contributed by atoms with E-state index in [-0.39, 0.29) is 23.5 Å². The number of aryl methyl sites for hydroxylation is 1. The summed E-state index contributed by atoms with van der Waals surface area (Å²) in [5.41, 5.74) is 1.61. The minimum atomic E-state index is -0.269. The molecule has 5 rings (SSSR count). The first-order chi connectivity index (χ1) is 17.4. The molecule has 2 amide bonds. The third-order valence-electron chi connectivity index (χ3n) is 7.17. The second-order valence-corrected chi connectivity index (χ2v) is 9.92. The topological polar surface area (TPSA) is 75.5 Å². The standard InChI is InChI=1S/C28H29ClN4O3/c1-31(27(35)21-10-7-11-22(29)18-21)26-24(33-15-6-5-12-23(33)30-26)28(36)32-16-13-20(14-17-32)25(34)19-8-3-2-4-9-19/h2-4,7-11,18,20H,5-6,12-17H2,1H3. The van der Waals surface area contributed by atoms with E-state index in [0.29, 0.717) is 54.6 Å². The van der Waals surface area contributed by atoms with Crippen molar-refractivity contribution in [3.63, 3.8) is 0 Å². The van der Waals surface area contributed by atoms with E-state index < -0.39 is 0 Å². The van der Waals surface area contributed by atoms with Crippen LogP contribution in [0.3, 0.4) is 0 Å². The molecule has 2 aliphatic rings. The number of benzene rings is 2. The number of piperidine rings is 1. The molecule has 3 aromatic rings. The first-order valence-electron chi connectivity index (χ1n) is 12.5. The average molecular weight is 505 g/mol. The first kappa shape index (κ1) is 24.3. The number of aromatic nitrogens is 2. The number of amides is 2. The van der Waals surface area contributed by atoms with Crippen molar-refractivity contribution in [1.29, 1.82) is 0 Å². The van der Waals surface area contributed by atoms with Crippen LogP contribution in [0.2, 0.25) is 5.02 Å². The van der Waals surface area contributed by atoms with Crippen molar-refractivity contribution in [3.05, 3.63) is 82.3 Å². The van der Waals surface area contributed by atoms with Crippen molar-refractivity contribution in [1.82, 2.24) is 14.5 Å². The lowest BCUT2D eigenvalue weighted by atomic mass is 9.89. The molecule has 2 aliphatic heterocycles. The summed E-state index contributed by atoms with van der Waals surface area (Å²) in [5.74, 6) is 0.847. The van der Waals surface area contributed by atoms with Gasteiger partial charge in [-0.2, -0.15) is 0 Å². The van der Waals surface area contributed by atoms with E-state index in [1.54, 1.807) is 36.2 Å². The third kappa shape index (κ3) is 4.67. The van der Waals surface area contributed by atoms with Gasteiger partial charge in [0.05, 0.1) is 0 Å². The summed E-state index contributed by atoms with van der Waals surface area (Å²) in [7, 11) is 1.65. The molecule has 1 fully saturated rings. The molecule has 0 unspecified atom stereocenters. The van der Waals surface area contributed by atoms with Crippen LogP contribution in [0, 0.1) is 5.92 Å². The van der Waals surface area contributed by atoms with Crippen molar-refractivity contribution < 1.29 is 14.4 Å². The number of likely N-dealkylation sites (tertiary alicyclic amines) is 1. The van der Waals surface area contributed by atoms with Crippen molar-refractivity contribution in [3.8, 4) is 0 Å². The molecule has 2 aromatic carbocycles. The molecule has 1 aromatic heterocycles. The molecule has 0 spiro atoms. The van der Waals surface area contributed by atoms with Gasteiger partial charge in [-0.3, -0.25) is 19.3 Å². The molecule has 0 saturated carbocycles. The van der Waals surface area contributed by atoms with Gasteiger partial charge >= 0.3 is 0 Å². The molecular weight excluding hydrogens is 476 g/mol.